The first kappa shape index (κ1) is 20.5. The second-order valence-electron chi connectivity index (χ2n) is 7.81. The average molecular weight is 434 g/mol. The summed E-state index contributed by atoms with van der Waals surface area (Å²) in [5.41, 5.74) is 1.92. The number of hydrogen-bond donors (Lipinski definition) is 1. The van der Waals surface area contributed by atoms with E-state index in [1.54, 1.807) is 35.6 Å². The number of likely N-dealkylation sites (N-methyl/N-ethyl adjacent to an activating group) is 1. The Morgan fingerprint density at radius 1 is 1.00 bits per heavy atom. The third kappa shape index (κ3) is 4.55. The van der Waals surface area contributed by atoms with Crippen molar-refractivity contribution in [3.8, 4) is 0 Å². The third-order valence-electron chi connectivity index (χ3n) is 5.68. The molecular weight excluding hydrogens is 406 g/mol. The number of benzene rings is 1. The predicted molar refractivity (Wildman–Crippen MR) is 116 cm³/mol. The fraction of sp³-hybridized carbons (Fsp3) is 0.476. The van der Waals surface area contributed by atoms with Crippen LogP contribution in [0.1, 0.15) is 39.4 Å². The highest BCUT2D eigenvalue weighted by Crippen LogP contribution is 2.29. The molecule has 1 aliphatic heterocycles. The normalized spacial score (nSPS) is 18.8. The lowest BCUT2D eigenvalue weighted by Crippen LogP contribution is -2.46. The second-order valence-corrected chi connectivity index (χ2v) is 10.9. The van der Waals surface area contributed by atoms with Crippen LogP contribution in [0.5, 0.6) is 0 Å². The number of sulfonamides is 1. The molecule has 0 atom stereocenters. The number of thiophene rings is 1. The first-order valence-corrected chi connectivity index (χ1v) is 12.4. The topological polar surface area (TPSA) is 69.7 Å². The van der Waals surface area contributed by atoms with Gasteiger partial charge in [0, 0.05) is 36.7 Å². The van der Waals surface area contributed by atoms with Crippen molar-refractivity contribution in [3.05, 3.63) is 45.6 Å². The maximum atomic E-state index is 12.8. The monoisotopic (exact) mass is 433 g/mol. The summed E-state index contributed by atoms with van der Waals surface area (Å²) in [6.07, 6.45) is 5.75. The minimum Gasteiger partial charge on any atom is -0.321 e. The Bertz CT molecular complexity index is 952. The minimum atomic E-state index is -3.49. The fourth-order valence-corrected chi connectivity index (χ4v) is 6.43. The Balaban J connectivity index is 1.43. The van der Waals surface area contributed by atoms with E-state index in [1.807, 2.05) is 13.1 Å². The van der Waals surface area contributed by atoms with Gasteiger partial charge in [-0.2, -0.15) is 4.31 Å². The summed E-state index contributed by atoms with van der Waals surface area (Å²) in [7, 11) is -1.50. The van der Waals surface area contributed by atoms with E-state index in [0.29, 0.717) is 18.8 Å². The standard InChI is InChI=1S/C21H27N3O3S2/c1-23-11-13-24(14-12-23)29(26,27)18-9-7-17(8-10-18)22-21(25)20-15-16-5-3-2-4-6-19(16)28-20/h7-10,15H,2-6,11-14H2,1H3,(H,22,25). The molecule has 1 amide bonds. The van der Waals surface area contributed by atoms with Crippen molar-refractivity contribution >= 4 is 33.0 Å². The molecule has 0 saturated carbocycles. The van der Waals surface area contributed by atoms with Gasteiger partial charge in [-0.05, 0) is 68.6 Å². The number of carbonyl (C=O) groups is 1. The maximum absolute atomic E-state index is 12.8. The molecule has 29 heavy (non-hydrogen) atoms. The van der Waals surface area contributed by atoms with Crippen molar-refractivity contribution in [2.24, 2.45) is 0 Å². The van der Waals surface area contributed by atoms with Gasteiger partial charge in [0.25, 0.3) is 5.91 Å². The van der Waals surface area contributed by atoms with Gasteiger partial charge in [0.2, 0.25) is 10.0 Å². The van der Waals surface area contributed by atoms with Gasteiger partial charge in [0.05, 0.1) is 9.77 Å². The number of anilines is 1. The molecule has 2 aromatic rings. The summed E-state index contributed by atoms with van der Waals surface area (Å²) < 4.78 is 27.1. The lowest BCUT2D eigenvalue weighted by atomic mass is 10.1. The molecule has 6 nitrogen and oxygen atoms in total. The average Bonchev–Trinajstić information content (AvgIpc) is 2.99. The second kappa shape index (κ2) is 8.55. The summed E-state index contributed by atoms with van der Waals surface area (Å²) >= 11 is 1.58. The van der Waals surface area contributed by atoms with Crippen LogP contribution in [0.2, 0.25) is 0 Å². The molecule has 4 rings (SSSR count). The van der Waals surface area contributed by atoms with Crippen LogP contribution in [0.3, 0.4) is 0 Å². The van der Waals surface area contributed by atoms with E-state index in [1.165, 1.54) is 34.0 Å². The maximum Gasteiger partial charge on any atom is 0.265 e. The van der Waals surface area contributed by atoms with Crippen LogP contribution >= 0.6 is 11.3 Å². The van der Waals surface area contributed by atoms with Crippen molar-refractivity contribution in [2.45, 2.75) is 37.0 Å². The molecule has 1 N–H and O–H groups in total. The Morgan fingerprint density at radius 2 is 1.69 bits per heavy atom. The van der Waals surface area contributed by atoms with Crippen LogP contribution in [-0.4, -0.2) is 56.8 Å². The summed E-state index contributed by atoms with van der Waals surface area (Å²) in [5, 5.41) is 2.90. The van der Waals surface area contributed by atoms with E-state index >= 15 is 0 Å². The van der Waals surface area contributed by atoms with Gasteiger partial charge in [0.15, 0.2) is 0 Å². The highest BCUT2D eigenvalue weighted by molar-refractivity contribution is 7.89. The predicted octanol–water partition coefficient (Wildman–Crippen LogP) is 3.21. The van der Waals surface area contributed by atoms with E-state index in [0.717, 1.165) is 30.8 Å². The highest BCUT2D eigenvalue weighted by atomic mass is 32.2. The van der Waals surface area contributed by atoms with E-state index in [9.17, 15) is 13.2 Å². The number of rotatable bonds is 4. The summed E-state index contributed by atoms with van der Waals surface area (Å²) in [6.45, 7) is 2.47. The molecule has 0 radical (unpaired) electrons. The lowest BCUT2D eigenvalue weighted by Gasteiger charge is -2.31. The van der Waals surface area contributed by atoms with Gasteiger partial charge in [0.1, 0.15) is 0 Å². The molecule has 0 unspecified atom stereocenters. The SMILES string of the molecule is CN1CCN(S(=O)(=O)c2ccc(NC(=O)c3cc4c(s3)CCCCC4)cc2)CC1. The molecule has 1 aromatic carbocycles. The van der Waals surface area contributed by atoms with Gasteiger partial charge in [-0.15, -0.1) is 11.3 Å². The number of nitrogens with zero attached hydrogens (tertiary/aromatic N) is 2. The summed E-state index contributed by atoms with van der Waals surface area (Å²) in [6, 6.07) is 8.51. The quantitative estimate of drug-likeness (QED) is 0.752. The number of fused-ring (bicyclic) bond motifs is 1. The number of carbonyl (C=O) groups excluding carboxylic acids is 1. The van der Waals surface area contributed by atoms with Crippen molar-refractivity contribution in [1.82, 2.24) is 9.21 Å². The highest BCUT2D eigenvalue weighted by Gasteiger charge is 2.27. The van der Waals surface area contributed by atoms with E-state index in [2.05, 4.69) is 10.2 Å². The number of hydrogen-bond acceptors (Lipinski definition) is 5. The lowest BCUT2D eigenvalue weighted by molar-refractivity contribution is 0.103. The Labute approximate surface area is 176 Å². The van der Waals surface area contributed by atoms with Crippen LogP contribution in [0.15, 0.2) is 35.2 Å². The molecular formula is C21H27N3O3S2. The van der Waals surface area contributed by atoms with Gasteiger partial charge in [-0.3, -0.25) is 4.79 Å². The van der Waals surface area contributed by atoms with Crippen LogP contribution in [-0.2, 0) is 22.9 Å². The number of piperazine rings is 1. The first-order chi connectivity index (χ1) is 13.9. The van der Waals surface area contributed by atoms with Gasteiger partial charge in [-0.1, -0.05) is 6.42 Å². The third-order valence-corrected chi connectivity index (χ3v) is 8.83. The summed E-state index contributed by atoms with van der Waals surface area (Å²) in [4.78, 5) is 17.1. The van der Waals surface area contributed by atoms with Crippen LogP contribution < -0.4 is 5.32 Å². The van der Waals surface area contributed by atoms with E-state index in [4.69, 9.17) is 0 Å². The van der Waals surface area contributed by atoms with Crippen molar-refractivity contribution in [1.29, 1.82) is 0 Å². The van der Waals surface area contributed by atoms with Crippen LogP contribution in [0.25, 0.3) is 0 Å². The molecule has 0 spiro atoms. The van der Waals surface area contributed by atoms with E-state index < -0.39 is 10.0 Å². The van der Waals surface area contributed by atoms with Crippen LogP contribution in [0, 0.1) is 0 Å². The van der Waals surface area contributed by atoms with Crippen molar-refractivity contribution in [2.75, 3.05) is 38.5 Å². The Morgan fingerprint density at radius 3 is 2.41 bits per heavy atom. The van der Waals surface area contributed by atoms with Gasteiger partial charge in [-0.25, -0.2) is 8.42 Å². The zero-order valence-electron chi connectivity index (χ0n) is 16.7. The Hall–Kier alpha value is -1.74. The van der Waals surface area contributed by atoms with Gasteiger partial charge >= 0.3 is 0 Å². The molecule has 8 heteroatoms. The van der Waals surface area contributed by atoms with Crippen LogP contribution in [0.4, 0.5) is 5.69 Å². The fourth-order valence-electron chi connectivity index (χ4n) is 3.86. The first-order valence-electron chi connectivity index (χ1n) is 10.2. The Kier molecular flexibility index (Phi) is 6.06. The summed E-state index contributed by atoms with van der Waals surface area (Å²) in [5.74, 6) is -0.127. The number of amides is 1. The molecule has 2 aliphatic rings. The molecule has 1 saturated heterocycles. The zero-order chi connectivity index (χ0) is 20.4. The smallest absolute Gasteiger partial charge is 0.265 e. The molecule has 1 aromatic heterocycles. The molecule has 2 heterocycles. The van der Waals surface area contributed by atoms with Gasteiger partial charge < -0.3 is 10.2 Å². The zero-order valence-corrected chi connectivity index (χ0v) is 18.3. The number of nitrogens with one attached hydrogen (secondary N) is 1. The minimum absolute atomic E-state index is 0.127. The molecule has 1 fully saturated rings. The molecule has 1 aliphatic carbocycles. The van der Waals surface area contributed by atoms with Crippen molar-refractivity contribution in [3.63, 3.8) is 0 Å². The largest absolute Gasteiger partial charge is 0.321 e. The number of aryl methyl sites for hydroxylation is 2. The molecule has 156 valence electrons. The van der Waals surface area contributed by atoms with Crippen molar-refractivity contribution < 1.29 is 13.2 Å². The molecule has 0 bridgehead atoms. The van der Waals surface area contributed by atoms with E-state index in [-0.39, 0.29) is 10.8 Å².